The second kappa shape index (κ2) is 5.68. The van der Waals surface area contributed by atoms with E-state index in [2.05, 4.69) is 0 Å². The molecule has 1 aliphatic rings. The van der Waals surface area contributed by atoms with Gasteiger partial charge in [-0.3, -0.25) is 4.79 Å². The Bertz CT molecular complexity index is 836. The van der Waals surface area contributed by atoms with E-state index in [-0.39, 0.29) is 17.0 Å². The summed E-state index contributed by atoms with van der Waals surface area (Å²) >= 11 is 0. The summed E-state index contributed by atoms with van der Waals surface area (Å²) in [4.78, 5) is 25.5. The number of carbonyl (C=O) groups is 1. The Labute approximate surface area is 132 Å². The van der Waals surface area contributed by atoms with E-state index in [9.17, 15) is 19.1 Å². The lowest BCUT2D eigenvalue weighted by molar-refractivity contribution is 0.0695. The van der Waals surface area contributed by atoms with Gasteiger partial charge in [-0.05, 0) is 38.8 Å². The number of carboxylic acids is 1. The lowest BCUT2D eigenvalue weighted by Crippen LogP contribution is -2.24. The molecular weight excluding hydrogens is 299 g/mol. The first-order chi connectivity index (χ1) is 11.0. The quantitative estimate of drug-likeness (QED) is 0.920. The Morgan fingerprint density at radius 1 is 1.35 bits per heavy atom. The number of carboxylic acid groups (broad SMARTS) is 1. The van der Waals surface area contributed by atoms with Crippen LogP contribution in [0.3, 0.4) is 0 Å². The molecule has 1 fully saturated rings. The van der Waals surface area contributed by atoms with E-state index in [0.29, 0.717) is 24.3 Å². The van der Waals surface area contributed by atoms with Gasteiger partial charge in [-0.15, -0.1) is 0 Å². The van der Waals surface area contributed by atoms with Gasteiger partial charge in [0.05, 0.1) is 11.2 Å². The maximum Gasteiger partial charge on any atom is 0.341 e. The summed E-state index contributed by atoms with van der Waals surface area (Å²) in [5, 5.41) is 9.35. The van der Waals surface area contributed by atoms with Crippen LogP contribution in [-0.4, -0.2) is 28.7 Å². The number of aromatic nitrogens is 1. The molecule has 1 aromatic heterocycles. The second-order valence-corrected chi connectivity index (χ2v) is 5.81. The van der Waals surface area contributed by atoms with E-state index >= 15 is 0 Å². The number of pyridine rings is 1. The monoisotopic (exact) mass is 318 g/mol. The van der Waals surface area contributed by atoms with Crippen LogP contribution < -0.4 is 10.3 Å². The van der Waals surface area contributed by atoms with Gasteiger partial charge in [0.2, 0.25) is 5.43 Å². The number of halogens is 1. The molecule has 1 N–H and O–H groups in total. The van der Waals surface area contributed by atoms with Gasteiger partial charge < -0.3 is 14.6 Å². The van der Waals surface area contributed by atoms with Gasteiger partial charge in [0.15, 0.2) is 0 Å². The van der Waals surface area contributed by atoms with Gasteiger partial charge >= 0.3 is 5.97 Å². The molecule has 0 spiro atoms. The van der Waals surface area contributed by atoms with Crippen molar-refractivity contribution in [1.29, 1.82) is 0 Å². The molecule has 1 aliphatic carbocycles. The number of aromatic carboxylic acids is 1. The molecule has 6 heteroatoms. The molecule has 3 rings (SSSR count). The highest BCUT2D eigenvalue weighted by molar-refractivity contribution is 5.93. The standard InChI is InChI=1S/C17H19FN2O3/c1-3-19(4-2)15-8-14-11(7-13(15)18)16(21)12(17(22)23)9-20(14)10-5-6-10/h7-10H,3-6H2,1-2H3,(H,22,23). The minimum atomic E-state index is -1.28. The van der Waals surface area contributed by atoms with Crippen molar-refractivity contribution in [1.82, 2.24) is 4.57 Å². The molecule has 0 unspecified atom stereocenters. The molecule has 2 aromatic rings. The Hall–Kier alpha value is -2.37. The third-order valence-corrected chi connectivity index (χ3v) is 4.38. The van der Waals surface area contributed by atoms with Gasteiger partial charge in [-0.2, -0.15) is 0 Å². The van der Waals surface area contributed by atoms with Crippen LogP contribution in [0.5, 0.6) is 0 Å². The van der Waals surface area contributed by atoms with E-state index in [1.54, 1.807) is 6.07 Å². The summed E-state index contributed by atoms with van der Waals surface area (Å²) < 4.78 is 16.3. The fraction of sp³-hybridized carbons (Fsp3) is 0.412. The van der Waals surface area contributed by atoms with Crippen molar-refractivity contribution in [3.63, 3.8) is 0 Å². The maximum atomic E-state index is 14.5. The van der Waals surface area contributed by atoms with Crippen LogP contribution in [0.15, 0.2) is 23.1 Å². The molecule has 1 heterocycles. The molecule has 0 atom stereocenters. The highest BCUT2D eigenvalue weighted by Gasteiger charge is 2.27. The Kier molecular flexibility index (Phi) is 3.83. The van der Waals surface area contributed by atoms with Crippen LogP contribution in [0.2, 0.25) is 0 Å². The second-order valence-electron chi connectivity index (χ2n) is 5.81. The van der Waals surface area contributed by atoms with Crippen LogP contribution in [-0.2, 0) is 0 Å². The van der Waals surface area contributed by atoms with Gasteiger partial charge in [-0.1, -0.05) is 0 Å². The summed E-state index contributed by atoms with van der Waals surface area (Å²) in [6.07, 6.45) is 3.28. The van der Waals surface area contributed by atoms with E-state index < -0.39 is 17.2 Å². The highest BCUT2D eigenvalue weighted by Crippen LogP contribution is 2.38. The van der Waals surface area contributed by atoms with E-state index in [1.807, 2.05) is 23.3 Å². The van der Waals surface area contributed by atoms with Gasteiger partial charge in [0, 0.05) is 30.7 Å². The van der Waals surface area contributed by atoms with Crippen molar-refractivity contribution in [2.45, 2.75) is 32.7 Å². The molecule has 0 aliphatic heterocycles. The van der Waals surface area contributed by atoms with Crippen LogP contribution in [0.25, 0.3) is 10.9 Å². The molecule has 5 nitrogen and oxygen atoms in total. The predicted octanol–water partition coefficient (Wildman–Crippen LogP) is 3.02. The first kappa shape index (κ1) is 15.5. The molecule has 0 saturated heterocycles. The topological polar surface area (TPSA) is 62.5 Å². The number of anilines is 1. The van der Waals surface area contributed by atoms with Crippen LogP contribution in [0.1, 0.15) is 43.1 Å². The number of rotatable bonds is 5. The summed E-state index contributed by atoms with van der Waals surface area (Å²) in [6, 6.07) is 3.03. The SMILES string of the molecule is CCN(CC)c1cc2c(cc1F)c(=O)c(C(=O)O)cn2C1CC1. The predicted molar refractivity (Wildman–Crippen MR) is 87.0 cm³/mol. The first-order valence-electron chi connectivity index (χ1n) is 7.84. The Morgan fingerprint density at radius 3 is 2.52 bits per heavy atom. The fourth-order valence-electron chi connectivity index (χ4n) is 2.97. The third kappa shape index (κ3) is 2.58. The average Bonchev–Trinajstić information content (AvgIpc) is 3.34. The smallest absolute Gasteiger partial charge is 0.341 e. The summed E-state index contributed by atoms with van der Waals surface area (Å²) in [6.45, 7) is 5.18. The van der Waals surface area contributed by atoms with Crippen molar-refractivity contribution in [2.75, 3.05) is 18.0 Å². The van der Waals surface area contributed by atoms with Crippen molar-refractivity contribution >= 4 is 22.6 Å². The molecular formula is C17H19FN2O3. The molecule has 122 valence electrons. The highest BCUT2D eigenvalue weighted by atomic mass is 19.1. The molecule has 1 aromatic carbocycles. The minimum Gasteiger partial charge on any atom is -0.477 e. The normalized spacial score (nSPS) is 14.2. The first-order valence-corrected chi connectivity index (χ1v) is 7.84. The van der Waals surface area contributed by atoms with E-state index in [4.69, 9.17) is 0 Å². The van der Waals surface area contributed by atoms with Gasteiger partial charge in [0.25, 0.3) is 0 Å². The summed E-state index contributed by atoms with van der Waals surface area (Å²) in [5.74, 6) is -1.78. The third-order valence-electron chi connectivity index (χ3n) is 4.38. The Morgan fingerprint density at radius 2 is 2.00 bits per heavy atom. The summed E-state index contributed by atoms with van der Waals surface area (Å²) in [5.41, 5.74) is 0.110. The number of hydrogen-bond donors (Lipinski definition) is 1. The van der Waals surface area contributed by atoms with Crippen LogP contribution in [0.4, 0.5) is 10.1 Å². The number of fused-ring (bicyclic) bond motifs is 1. The fourth-order valence-corrected chi connectivity index (χ4v) is 2.97. The average molecular weight is 318 g/mol. The number of benzene rings is 1. The zero-order valence-electron chi connectivity index (χ0n) is 13.2. The largest absolute Gasteiger partial charge is 0.477 e. The lowest BCUT2D eigenvalue weighted by atomic mass is 10.1. The molecule has 0 bridgehead atoms. The van der Waals surface area contributed by atoms with Gasteiger partial charge in [-0.25, -0.2) is 9.18 Å². The minimum absolute atomic E-state index is 0.130. The van der Waals surface area contributed by atoms with Crippen LogP contribution in [0, 0.1) is 5.82 Å². The van der Waals surface area contributed by atoms with Crippen molar-refractivity contribution in [3.8, 4) is 0 Å². The van der Waals surface area contributed by atoms with E-state index in [1.165, 1.54) is 12.3 Å². The Balaban J connectivity index is 2.34. The molecule has 0 radical (unpaired) electrons. The van der Waals surface area contributed by atoms with E-state index in [0.717, 1.165) is 12.8 Å². The number of nitrogens with zero attached hydrogens (tertiary/aromatic N) is 2. The molecule has 23 heavy (non-hydrogen) atoms. The molecule has 1 saturated carbocycles. The zero-order valence-corrected chi connectivity index (χ0v) is 13.2. The molecule has 0 amide bonds. The lowest BCUT2D eigenvalue weighted by Gasteiger charge is -2.23. The zero-order chi connectivity index (χ0) is 16.7. The van der Waals surface area contributed by atoms with Crippen molar-refractivity contribution in [2.24, 2.45) is 0 Å². The van der Waals surface area contributed by atoms with Crippen molar-refractivity contribution in [3.05, 3.63) is 39.9 Å². The van der Waals surface area contributed by atoms with Gasteiger partial charge in [0.1, 0.15) is 11.4 Å². The van der Waals surface area contributed by atoms with Crippen molar-refractivity contribution < 1.29 is 14.3 Å². The maximum absolute atomic E-state index is 14.5. The summed E-state index contributed by atoms with van der Waals surface area (Å²) in [7, 11) is 0. The van der Waals surface area contributed by atoms with Crippen LogP contribution >= 0.6 is 0 Å². The number of hydrogen-bond acceptors (Lipinski definition) is 3.